The number of hydrogen-bond acceptors (Lipinski definition) is 4. The number of alkyl halides is 3. The third-order valence-electron chi connectivity index (χ3n) is 0.747. The van der Waals surface area contributed by atoms with E-state index in [1.165, 1.54) is 0 Å². The smallest absolute Gasteiger partial charge is 0.411 e. The highest BCUT2D eigenvalue weighted by atomic mass is 19.4. The van der Waals surface area contributed by atoms with Gasteiger partial charge in [-0.2, -0.15) is 13.2 Å². The van der Waals surface area contributed by atoms with Gasteiger partial charge >= 0.3 is 6.18 Å². The van der Waals surface area contributed by atoms with Crippen LogP contribution in [0.5, 0.6) is 0 Å². The molecule has 0 aliphatic carbocycles. The van der Waals surface area contributed by atoms with E-state index in [1.54, 1.807) is 0 Å². The fourth-order valence-corrected chi connectivity index (χ4v) is 0.391. The molecule has 0 amide bonds. The molecule has 0 saturated carbocycles. The molecule has 0 aliphatic heterocycles. The Bertz CT molecular complexity index is 117. The summed E-state index contributed by atoms with van der Waals surface area (Å²) >= 11 is 0. The van der Waals surface area contributed by atoms with Crippen molar-refractivity contribution in [1.29, 1.82) is 0 Å². The van der Waals surface area contributed by atoms with Crippen molar-refractivity contribution in [3.05, 3.63) is 0 Å². The Kier molecular flexibility index (Phi) is 5.22. The maximum Gasteiger partial charge on any atom is 0.411 e. The molecule has 0 aromatic rings. The van der Waals surface area contributed by atoms with Crippen molar-refractivity contribution in [1.82, 2.24) is 0 Å². The van der Waals surface area contributed by atoms with Crippen molar-refractivity contribution in [2.24, 2.45) is 0 Å². The summed E-state index contributed by atoms with van der Waals surface area (Å²) in [5.41, 5.74) is 0. The first-order valence-electron chi connectivity index (χ1n) is 2.99. The Morgan fingerprint density at radius 2 is 1.75 bits per heavy atom. The molecule has 12 heavy (non-hydrogen) atoms. The van der Waals surface area contributed by atoms with Gasteiger partial charge in [-0.3, -0.25) is 0 Å². The quantitative estimate of drug-likeness (QED) is 0.378. The molecule has 0 atom stereocenters. The summed E-state index contributed by atoms with van der Waals surface area (Å²) in [6, 6.07) is 0. The summed E-state index contributed by atoms with van der Waals surface area (Å²) in [6.07, 6.45) is -4.39. The van der Waals surface area contributed by atoms with Crippen molar-refractivity contribution in [3.63, 3.8) is 0 Å². The first-order chi connectivity index (χ1) is 5.42. The summed E-state index contributed by atoms with van der Waals surface area (Å²) in [6.45, 7) is -2.24. The first kappa shape index (κ1) is 11.7. The Balaban J connectivity index is 3.12. The maximum absolute atomic E-state index is 11.4. The summed E-state index contributed by atoms with van der Waals surface area (Å²) in [5.74, 6) is 0. The maximum atomic E-state index is 11.4. The zero-order valence-electron chi connectivity index (χ0n) is 5.97. The number of hydrogen-bond donors (Lipinski definition) is 0. The van der Waals surface area contributed by atoms with Crippen molar-refractivity contribution in [2.75, 3.05) is 19.8 Å². The molecule has 0 radical (unpaired) electrons. The second-order valence-electron chi connectivity index (χ2n) is 1.83. The van der Waals surface area contributed by atoms with E-state index in [0.29, 0.717) is 0 Å². The van der Waals surface area contributed by atoms with Gasteiger partial charge in [-0.25, -0.2) is 0 Å². The van der Waals surface area contributed by atoms with Crippen LogP contribution in [0.4, 0.5) is 13.2 Å². The normalized spacial score (nSPS) is 11.8. The Morgan fingerprint density at radius 1 is 1.17 bits per heavy atom. The van der Waals surface area contributed by atoms with Crippen molar-refractivity contribution in [3.8, 4) is 0 Å². The molecule has 0 aromatic carbocycles. The van der Waals surface area contributed by atoms with Crippen LogP contribution in [0.2, 0.25) is 0 Å². The summed E-state index contributed by atoms with van der Waals surface area (Å²) in [7, 11) is -2.47. The van der Waals surface area contributed by atoms with E-state index < -0.39 is 33.3 Å². The molecule has 72 valence electrons. The lowest BCUT2D eigenvalue weighted by Gasteiger charge is -2.25. The molecule has 4 nitrogen and oxygen atoms in total. The summed E-state index contributed by atoms with van der Waals surface area (Å²) in [4.78, 5) is 0. The van der Waals surface area contributed by atoms with Crippen molar-refractivity contribution in [2.45, 2.75) is 6.18 Å². The molecule has 0 bridgehead atoms. The van der Waals surface area contributed by atoms with Gasteiger partial charge in [0.05, 0.1) is 13.9 Å². The lowest BCUT2D eigenvalue weighted by Crippen LogP contribution is -2.48. The molecular formula is C4H6BF3O4-2. The second-order valence-corrected chi connectivity index (χ2v) is 1.83. The second kappa shape index (κ2) is 5.36. The van der Waals surface area contributed by atoms with E-state index in [1.807, 2.05) is 0 Å². The van der Waals surface area contributed by atoms with Gasteiger partial charge in [0, 0.05) is 6.61 Å². The molecule has 0 fully saturated rings. The lowest BCUT2D eigenvalue weighted by atomic mass is 10.3. The first-order valence-corrected chi connectivity index (χ1v) is 2.99. The van der Waals surface area contributed by atoms with Crippen LogP contribution >= 0.6 is 0 Å². The zero-order valence-corrected chi connectivity index (χ0v) is 5.97. The zero-order chi connectivity index (χ0) is 9.61. The van der Waals surface area contributed by atoms with Gasteiger partial charge in [0.15, 0.2) is 0 Å². The highest BCUT2D eigenvalue weighted by Crippen LogP contribution is 2.13. The highest BCUT2D eigenvalue weighted by Gasteiger charge is 2.27. The summed E-state index contributed by atoms with van der Waals surface area (Å²) in [5, 5.41) is 19.3. The van der Waals surface area contributed by atoms with Gasteiger partial charge in [0.2, 0.25) is 0 Å². The monoisotopic (exact) mass is 186 g/mol. The molecule has 0 aromatic heterocycles. The number of rotatable bonds is 5. The fraction of sp³-hybridized carbons (Fsp3) is 1.00. The third-order valence-corrected chi connectivity index (χ3v) is 0.747. The van der Waals surface area contributed by atoms with Crippen molar-refractivity contribution >= 4 is 7.32 Å². The van der Waals surface area contributed by atoms with Crippen LogP contribution in [0.25, 0.3) is 0 Å². The van der Waals surface area contributed by atoms with Crippen LogP contribution < -0.4 is 10.0 Å². The van der Waals surface area contributed by atoms with E-state index in [0.717, 1.165) is 0 Å². The van der Waals surface area contributed by atoms with Crippen molar-refractivity contribution < 1.29 is 32.6 Å². The van der Waals surface area contributed by atoms with E-state index >= 15 is 0 Å². The third kappa shape index (κ3) is 9.69. The minimum absolute atomic E-state index is 0.416. The number of ether oxygens (including phenoxy) is 1. The SMILES string of the molecule is [O-]B([O-])OCCOCC(F)(F)F. The van der Waals surface area contributed by atoms with E-state index in [2.05, 4.69) is 9.39 Å². The Labute approximate surface area is 67.1 Å². The van der Waals surface area contributed by atoms with Crippen LogP contribution in [0, 0.1) is 0 Å². The van der Waals surface area contributed by atoms with Gasteiger partial charge in [-0.05, 0) is 0 Å². The fourth-order valence-electron chi connectivity index (χ4n) is 0.391. The minimum atomic E-state index is -4.39. The predicted molar refractivity (Wildman–Crippen MR) is 28.6 cm³/mol. The van der Waals surface area contributed by atoms with E-state index in [-0.39, 0.29) is 0 Å². The lowest BCUT2D eigenvalue weighted by molar-refractivity contribution is -0.382. The van der Waals surface area contributed by atoms with Gasteiger partial charge in [-0.15, -0.1) is 0 Å². The van der Waals surface area contributed by atoms with Crippen LogP contribution in [0.1, 0.15) is 0 Å². The predicted octanol–water partition coefficient (Wildman–Crippen LogP) is -1.71. The minimum Gasteiger partial charge on any atom is -0.871 e. The molecule has 0 rings (SSSR count). The summed E-state index contributed by atoms with van der Waals surface area (Å²) < 4.78 is 41.9. The van der Waals surface area contributed by atoms with Gasteiger partial charge in [-0.1, -0.05) is 0 Å². The molecular weight excluding hydrogens is 180 g/mol. The number of halogens is 3. The standard InChI is InChI=1S/C4H6BF3O4/c6-4(7,8)3-11-1-2-12-5(9)10/h1-3H2/q-2. The molecule has 8 heteroatoms. The van der Waals surface area contributed by atoms with Crippen LogP contribution in [-0.2, 0) is 9.39 Å². The Hall–Kier alpha value is -0.305. The molecule has 0 saturated heterocycles. The molecule has 0 N–H and O–H groups in total. The average molecular weight is 186 g/mol. The average Bonchev–Trinajstić information content (AvgIpc) is 1.83. The topological polar surface area (TPSA) is 64.6 Å². The molecule has 0 unspecified atom stereocenters. The molecule has 0 aliphatic rings. The Morgan fingerprint density at radius 3 is 2.17 bits per heavy atom. The molecule has 0 heterocycles. The van der Waals surface area contributed by atoms with Gasteiger partial charge in [0.1, 0.15) is 6.61 Å². The van der Waals surface area contributed by atoms with Gasteiger partial charge in [0.25, 0.3) is 0 Å². The molecule has 0 spiro atoms. The van der Waals surface area contributed by atoms with E-state index in [4.69, 9.17) is 0 Å². The van der Waals surface area contributed by atoms with E-state index in [9.17, 15) is 23.2 Å². The van der Waals surface area contributed by atoms with Crippen LogP contribution in [0.3, 0.4) is 0 Å². The van der Waals surface area contributed by atoms with Crippen LogP contribution in [-0.4, -0.2) is 33.3 Å². The van der Waals surface area contributed by atoms with Crippen LogP contribution in [0.15, 0.2) is 0 Å². The largest absolute Gasteiger partial charge is 0.871 e. The highest BCUT2D eigenvalue weighted by molar-refractivity contribution is 6.28. The van der Waals surface area contributed by atoms with Gasteiger partial charge < -0.3 is 19.4 Å².